The molecule has 1 unspecified atom stereocenters. The van der Waals surface area contributed by atoms with Crippen molar-refractivity contribution in [3.8, 4) is 0 Å². The molecule has 2 aliphatic carbocycles. The molecule has 2 heterocycles. The summed E-state index contributed by atoms with van der Waals surface area (Å²) in [6, 6.07) is 5.25. The Hall–Kier alpha value is -2.62. The normalized spacial score (nSPS) is 24.9. The van der Waals surface area contributed by atoms with Crippen molar-refractivity contribution in [1.29, 1.82) is 0 Å². The summed E-state index contributed by atoms with van der Waals surface area (Å²) in [4.78, 5) is 25.7. The highest BCUT2D eigenvalue weighted by atomic mass is 35.5. The Bertz CT molecular complexity index is 1210. The van der Waals surface area contributed by atoms with Crippen LogP contribution in [0.3, 0.4) is 0 Å². The zero-order chi connectivity index (χ0) is 23.8. The number of imidazole rings is 1. The summed E-state index contributed by atoms with van der Waals surface area (Å²) in [6.45, 7) is 0. The number of carbonyl (C=O) groups excluding carboxylic acids is 1. The molecule has 0 aliphatic heterocycles. The first-order valence-corrected chi connectivity index (χ1v) is 12.4. The fourth-order valence-corrected chi connectivity index (χ4v) is 5.45. The van der Waals surface area contributed by atoms with E-state index in [1.807, 2.05) is 0 Å². The lowest BCUT2D eigenvalue weighted by atomic mass is 9.85. The van der Waals surface area contributed by atoms with E-state index in [1.54, 1.807) is 24.4 Å². The van der Waals surface area contributed by atoms with Crippen LogP contribution in [0.25, 0.3) is 11.2 Å². The number of aliphatic hydroxyl groups excluding tert-OH is 1. The van der Waals surface area contributed by atoms with Crippen LogP contribution in [0.2, 0.25) is 10.0 Å². The number of aromatic nitrogens is 4. The van der Waals surface area contributed by atoms with Crippen LogP contribution in [0.1, 0.15) is 51.0 Å². The Morgan fingerprint density at radius 1 is 1.12 bits per heavy atom. The highest BCUT2D eigenvalue weighted by molar-refractivity contribution is 6.36. The monoisotopic (exact) mass is 503 g/mol. The van der Waals surface area contributed by atoms with E-state index in [2.05, 4.69) is 20.2 Å². The molecule has 0 spiro atoms. The van der Waals surface area contributed by atoms with Gasteiger partial charge in [0.25, 0.3) is 0 Å². The number of hydrogen-bond acceptors (Lipinski definition) is 7. The van der Waals surface area contributed by atoms with Crippen LogP contribution in [0, 0.1) is 5.92 Å². The highest BCUT2D eigenvalue weighted by Crippen LogP contribution is 2.38. The number of anilines is 3. The van der Waals surface area contributed by atoms with Crippen molar-refractivity contribution >= 4 is 57.9 Å². The van der Waals surface area contributed by atoms with E-state index in [-0.39, 0.29) is 23.9 Å². The quantitative estimate of drug-likeness (QED) is 0.391. The van der Waals surface area contributed by atoms with Gasteiger partial charge in [-0.05, 0) is 63.1 Å². The van der Waals surface area contributed by atoms with Crippen LogP contribution in [0.15, 0.2) is 24.4 Å². The first-order valence-electron chi connectivity index (χ1n) is 11.6. The van der Waals surface area contributed by atoms with Crippen LogP contribution < -0.4 is 16.4 Å². The minimum atomic E-state index is -0.405. The first kappa shape index (κ1) is 23.1. The van der Waals surface area contributed by atoms with Crippen LogP contribution in [-0.4, -0.2) is 42.7 Å². The number of hydrogen-bond donors (Lipinski definition) is 4. The molecule has 5 rings (SSSR count). The highest BCUT2D eigenvalue weighted by Gasteiger charge is 2.30. The molecule has 1 amide bonds. The zero-order valence-electron chi connectivity index (χ0n) is 18.5. The maximum Gasteiger partial charge on any atom is 0.225 e. The maximum atomic E-state index is 11.7. The number of carbonyl (C=O) groups is 1. The minimum absolute atomic E-state index is 0.0645. The summed E-state index contributed by atoms with van der Waals surface area (Å²) < 4.78 is 2.06. The largest absolute Gasteiger partial charge is 0.391 e. The molecular formula is C23H27Cl2N7O2. The molecule has 180 valence electrons. The van der Waals surface area contributed by atoms with Crippen LogP contribution in [0.5, 0.6) is 0 Å². The molecule has 2 aliphatic rings. The van der Waals surface area contributed by atoms with Crippen molar-refractivity contribution < 1.29 is 9.90 Å². The van der Waals surface area contributed by atoms with Gasteiger partial charge in [0.2, 0.25) is 17.8 Å². The van der Waals surface area contributed by atoms with Gasteiger partial charge < -0.3 is 21.5 Å². The molecular weight excluding hydrogens is 477 g/mol. The van der Waals surface area contributed by atoms with Crippen molar-refractivity contribution in [3.63, 3.8) is 0 Å². The minimum Gasteiger partial charge on any atom is -0.391 e. The summed E-state index contributed by atoms with van der Waals surface area (Å²) in [5.41, 5.74) is 7.54. The number of benzene rings is 1. The van der Waals surface area contributed by atoms with Gasteiger partial charge in [0.15, 0.2) is 5.65 Å². The lowest BCUT2D eigenvalue weighted by Gasteiger charge is -2.29. The summed E-state index contributed by atoms with van der Waals surface area (Å²) in [5, 5.41) is 17.8. The van der Waals surface area contributed by atoms with Crippen molar-refractivity contribution in [1.82, 2.24) is 19.5 Å². The van der Waals surface area contributed by atoms with Gasteiger partial charge in [-0.25, -0.2) is 9.97 Å². The Kier molecular flexibility index (Phi) is 6.50. The van der Waals surface area contributed by atoms with E-state index in [1.165, 1.54) is 0 Å². The van der Waals surface area contributed by atoms with E-state index in [4.69, 9.17) is 38.9 Å². The van der Waals surface area contributed by atoms with Gasteiger partial charge in [-0.3, -0.25) is 9.36 Å². The SMILES string of the molecule is NC(=O)[C@H]1CC[C@@H](n2c(Nc3ccc(Cl)cc3Cl)nc3cnc(NC4CCC[C@H]4O)nc32)CC1. The van der Waals surface area contributed by atoms with Crippen molar-refractivity contribution in [3.05, 3.63) is 34.4 Å². The molecule has 2 atom stereocenters. The fraction of sp³-hybridized carbons (Fsp3) is 0.478. The average Bonchev–Trinajstić information content (AvgIpc) is 3.38. The number of nitrogens with two attached hydrogens (primary N) is 1. The molecule has 9 nitrogen and oxygen atoms in total. The van der Waals surface area contributed by atoms with Gasteiger partial charge in [-0.1, -0.05) is 23.2 Å². The van der Waals surface area contributed by atoms with E-state index >= 15 is 0 Å². The molecule has 2 fully saturated rings. The summed E-state index contributed by atoms with van der Waals surface area (Å²) in [7, 11) is 0. The predicted octanol–water partition coefficient (Wildman–Crippen LogP) is 4.42. The first-order chi connectivity index (χ1) is 16.4. The Morgan fingerprint density at radius 3 is 2.59 bits per heavy atom. The number of aliphatic hydroxyl groups is 1. The van der Waals surface area contributed by atoms with Gasteiger partial charge in [0.05, 0.1) is 29.1 Å². The van der Waals surface area contributed by atoms with E-state index in [0.717, 1.165) is 32.1 Å². The fourth-order valence-electron chi connectivity index (χ4n) is 5.00. The number of rotatable bonds is 6. The van der Waals surface area contributed by atoms with Gasteiger partial charge in [0, 0.05) is 17.0 Å². The van der Waals surface area contributed by atoms with Gasteiger partial charge in [0.1, 0.15) is 5.52 Å². The summed E-state index contributed by atoms with van der Waals surface area (Å²) >= 11 is 12.5. The molecule has 2 aromatic heterocycles. The Balaban J connectivity index is 1.51. The summed E-state index contributed by atoms with van der Waals surface area (Å²) in [5.74, 6) is 0.698. The number of nitrogens with one attached hydrogen (secondary N) is 2. The number of halogens is 2. The second kappa shape index (κ2) is 9.56. The molecule has 3 aromatic rings. The molecule has 1 aromatic carbocycles. The smallest absolute Gasteiger partial charge is 0.225 e. The Morgan fingerprint density at radius 2 is 1.91 bits per heavy atom. The Labute approximate surface area is 207 Å². The third kappa shape index (κ3) is 4.64. The molecule has 2 saturated carbocycles. The predicted molar refractivity (Wildman–Crippen MR) is 133 cm³/mol. The third-order valence-electron chi connectivity index (χ3n) is 6.87. The molecule has 0 bridgehead atoms. The average molecular weight is 504 g/mol. The lowest BCUT2D eigenvalue weighted by molar-refractivity contribution is -0.122. The number of amides is 1. The van der Waals surface area contributed by atoms with Crippen LogP contribution in [-0.2, 0) is 4.79 Å². The second-order valence-electron chi connectivity index (χ2n) is 9.11. The molecule has 11 heteroatoms. The van der Waals surface area contributed by atoms with Crippen molar-refractivity contribution in [2.24, 2.45) is 11.7 Å². The van der Waals surface area contributed by atoms with Gasteiger partial charge in [-0.2, -0.15) is 4.98 Å². The van der Waals surface area contributed by atoms with Crippen molar-refractivity contribution in [2.45, 2.75) is 63.1 Å². The van der Waals surface area contributed by atoms with Crippen LogP contribution in [0.4, 0.5) is 17.6 Å². The summed E-state index contributed by atoms with van der Waals surface area (Å²) in [6.07, 6.45) is 6.88. The number of fused-ring (bicyclic) bond motifs is 1. The van der Waals surface area contributed by atoms with E-state index in [0.29, 0.717) is 51.6 Å². The maximum absolute atomic E-state index is 11.7. The molecule has 5 N–H and O–H groups in total. The molecule has 0 radical (unpaired) electrons. The zero-order valence-corrected chi connectivity index (χ0v) is 20.1. The molecule has 34 heavy (non-hydrogen) atoms. The van der Waals surface area contributed by atoms with Gasteiger partial charge in [-0.15, -0.1) is 0 Å². The second-order valence-corrected chi connectivity index (χ2v) is 9.96. The van der Waals surface area contributed by atoms with E-state index in [9.17, 15) is 9.90 Å². The van der Waals surface area contributed by atoms with Gasteiger partial charge >= 0.3 is 0 Å². The topological polar surface area (TPSA) is 131 Å². The van der Waals surface area contributed by atoms with Crippen molar-refractivity contribution in [2.75, 3.05) is 10.6 Å². The number of nitrogens with zero attached hydrogens (tertiary/aromatic N) is 4. The van der Waals surface area contributed by atoms with Crippen LogP contribution >= 0.6 is 23.2 Å². The van der Waals surface area contributed by atoms with E-state index < -0.39 is 6.10 Å². The standard InChI is InChI=1S/C23H27Cl2N7O2/c24-13-6-9-16(15(25)10-13)29-23-30-18-11-27-22(28-17-2-1-3-19(17)33)31-21(18)32(23)14-7-4-12(5-8-14)20(26)34/h6,9-12,14,17,19,33H,1-5,7-8H2,(H2,26,34)(H,29,30)(H,27,28,31)/t12-,14+,17?,19-/m1/s1. The molecule has 0 saturated heterocycles. The third-order valence-corrected chi connectivity index (χ3v) is 7.42. The number of primary amides is 1. The lowest BCUT2D eigenvalue weighted by Crippen LogP contribution is -2.29.